The van der Waals surface area contributed by atoms with Crippen LogP contribution in [-0.2, 0) is 9.59 Å². The van der Waals surface area contributed by atoms with Gasteiger partial charge >= 0.3 is 0 Å². The number of hydrogen-bond acceptors (Lipinski definition) is 5. The molecule has 0 spiro atoms. The van der Waals surface area contributed by atoms with E-state index in [0.29, 0.717) is 11.6 Å². The minimum atomic E-state index is -0.330. The largest absolute Gasteiger partial charge is 0.360 e. The highest BCUT2D eigenvalue weighted by Gasteiger charge is 2.12. The van der Waals surface area contributed by atoms with Gasteiger partial charge in [0.2, 0.25) is 11.8 Å². The van der Waals surface area contributed by atoms with Crippen LogP contribution in [0, 0.1) is 6.92 Å². The molecule has 0 aliphatic carbocycles. The van der Waals surface area contributed by atoms with E-state index in [1.54, 1.807) is 26.1 Å². The number of amides is 2. The van der Waals surface area contributed by atoms with Gasteiger partial charge in [-0.1, -0.05) is 11.2 Å². The highest BCUT2D eigenvalue weighted by molar-refractivity contribution is 7.10. The summed E-state index contributed by atoms with van der Waals surface area (Å²) in [7, 11) is 1.56. The standard InChI is InChI=1S/C14H15N3O3S/c1-10-8-12(16-20-10)15-13(18)9-17(2)14(19)6-5-11-4-3-7-21-11/h3-8H,9H2,1-2H3,(H,15,16,18)/b6-5+. The molecule has 21 heavy (non-hydrogen) atoms. The van der Waals surface area contributed by atoms with E-state index in [1.165, 1.54) is 22.3 Å². The van der Waals surface area contributed by atoms with Gasteiger partial charge in [0.1, 0.15) is 5.76 Å². The maximum atomic E-state index is 11.9. The van der Waals surface area contributed by atoms with Crippen LogP contribution in [0.5, 0.6) is 0 Å². The van der Waals surface area contributed by atoms with Crippen molar-refractivity contribution >= 4 is 35.0 Å². The zero-order chi connectivity index (χ0) is 15.2. The summed E-state index contributed by atoms with van der Waals surface area (Å²) >= 11 is 1.54. The second kappa shape index (κ2) is 6.85. The molecule has 7 heteroatoms. The van der Waals surface area contributed by atoms with Crippen molar-refractivity contribution in [2.45, 2.75) is 6.92 Å². The molecule has 1 N–H and O–H groups in total. The van der Waals surface area contributed by atoms with E-state index in [9.17, 15) is 9.59 Å². The third-order valence-corrected chi connectivity index (χ3v) is 3.42. The molecule has 0 unspecified atom stereocenters. The minimum absolute atomic E-state index is 0.0560. The van der Waals surface area contributed by atoms with Crippen LogP contribution in [0.4, 0.5) is 5.82 Å². The molecule has 2 heterocycles. The summed E-state index contributed by atoms with van der Waals surface area (Å²) in [5.74, 6) is 0.375. The first-order valence-corrected chi connectivity index (χ1v) is 7.12. The highest BCUT2D eigenvalue weighted by atomic mass is 32.1. The zero-order valence-electron chi connectivity index (χ0n) is 11.7. The predicted octanol–water partition coefficient (Wildman–Crippen LogP) is 2.15. The van der Waals surface area contributed by atoms with Crippen molar-refractivity contribution in [3.63, 3.8) is 0 Å². The summed E-state index contributed by atoms with van der Waals surface area (Å²) < 4.78 is 4.84. The average Bonchev–Trinajstić information content (AvgIpc) is 3.07. The highest BCUT2D eigenvalue weighted by Crippen LogP contribution is 2.10. The van der Waals surface area contributed by atoms with Gasteiger partial charge in [-0.3, -0.25) is 9.59 Å². The molecule has 0 bridgehead atoms. The van der Waals surface area contributed by atoms with Crippen LogP contribution in [-0.4, -0.2) is 35.5 Å². The molecular formula is C14H15N3O3S. The molecule has 6 nitrogen and oxygen atoms in total. The van der Waals surface area contributed by atoms with Gasteiger partial charge in [-0.15, -0.1) is 11.3 Å². The Morgan fingerprint density at radius 3 is 2.95 bits per heavy atom. The van der Waals surface area contributed by atoms with E-state index in [0.717, 1.165) is 4.88 Å². The molecule has 110 valence electrons. The van der Waals surface area contributed by atoms with E-state index in [2.05, 4.69) is 10.5 Å². The Bertz CT molecular complexity index is 646. The number of rotatable bonds is 5. The Balaban J connectivity index is 1.84. The van der Waals surface area contributed by atoms with Crippen molar-refractivity contribution in [1.29, 1.82) is 0 Å². The zero-order valence-corrected chi connectivity index (χ0v) is 12.5. The van der Waals surface area contributed by atoms with Crippen LogP contribution >= 0.6 is 11.3 Å². The van der Waals surface area contributed by atoms with E-state index < -0.39 is 0 Å². The summed E-state index contributed by atoms with van der Waals surface area (Å²) in [6.07, 6.45) is 3.17. The maximum Gasteiger partial charge on any atom is 0.246 e. The number of likely N-dealkylation sites (N-methyl/N-ethyl adjacent to an activating group) is 1. The molecule has 0 radical (unpaired) electrons. The lowest BCUT2D eigenvalue weighted by Gasteiger charge is -2.13. The molecule has 2 aromatic heterocycles. The number of thiophene rings is 1. The van der Waals surface area contributed by atoms with Gasteiger partial charge in [-0.25, -0.2) is 0 Å². The van der Waals surface area contributed by atoms with Crippen molar-refractivity contribution < 1.29 is 14.1 Å². The molecule has 2 amide bonds. The molecule has 0 fully saturated rings. The number of aromatic nitrogens is 1. The summed E-state index contributed by atoms with van der Waals surface area (Å²) in [4.78, 5) is 25.9. The molecule has 0 atom stereocenters. The van der Waals surface area contributed by atoms with Crippen molar-refractivity contribution in [3.8, 4) is 0 Å². The lowest BCUT2D eigenvalue weighted by molar-refractivity contribution is -0.129. The Morgan fingerprint density at radius 1 is 1.52 bits per heavy atom. The summed E-state index contributed by atoms with van der Waals surface area (Å²) in [5, 5.41) is 8.15. The molecule has 0 saturated carbocycles. The normalized spacial score (nSPS) is 10.8. The van der Waals surface area contributed by atoms with E-state index in [-0.39, 0.29) is 18.4 Å². The lowest BCUT2D eigenvalue weighted by Crippen LogP contribution is -2.33. The first-order valence-electron chi connectivity index (χ1n) is 6.24. The average molecular weight is 305 g/mol. The maximum absolute atomic E-state index is 11.9. The third kappa shape index (κ3) is 4.57. The number of nitrogens with one attached hydrogen (secondary N) is 1. The number of carbonyl (C=O) groups is 2. The first-order chi connectivity index (χ1) is 10.0. The van der Waals surface area contributed by atoms with E-state index in [4.69, 9.17) is 4.52 Å². The summed E-state index contributed by atoms with van der Waals surface area (Å²) in [6, 6.07) is 5.43. The fourth-order valence-corrected chi connectivity index (χ4v) is 2.19. The van der Waals surface area contributed by atoms with Gasteiger partial charge < -0.3 is 14.7 Å². The summed E-state index contributed by atoms with van der Waals surface area (Å²) in [6.45, 7) is 1.67. The Morgan fingerprint density at radius 2 is 2.33 bits per heavy atom. The second-order valence-electron chi connectivity index (χ2n) is 4.41. The van der Waals surface area contributed by atoms with Gasteiger partial charge in [-0.05, 0) is 24.4 Å². The Labute approximate surface area is 126 Å². The molecule has 0 aliphatic heterocycles. The Kier molecular flexibility index (Phi) is 4.89. The molecule has 0 aliphatic rings. The van der Waals surface area contributed by atoms with E-state index in [1.807, 2.05) is 17.5 Å². The van der Waals surface area contributed by atoms with Crippen LogP contribution in [0.2, 0.25) is 0 Å². The van der Waals surface area contributed by atoms with Gasteiger partial charge in [-0.2, -0.15) is 0 Å². The predicted molar refractivity (Wildman–Crippen MR) is 80.9 cm³/mol. The third-order valence-electron chi connectivity index (χ3n) is 2.59. The number of nitrogens with zero attached hydrogens (tertiary/aromatic N) is 2. The van der Waals surface area contributed by atoms with Crippen molar-refractivity contribution in [3.05, 3.63) is 40.3 Å². The fourth-order valence-electron chi connectivity index (χ4n) is 1.57. The van der Waals surface area contributed by atoms with E-state index >= 15 is 0 Å². The first kappa shape index (κ1) is 15.0. The van der Waals surface area contributed by atoms with Gasteiger partial charge in [0.15, 0.2) is 5.82 Å². The van der Waals surface area contributed by atoms with Crippen LogP contribution < -0.4 is 5.32 Å². The number of aryl methyl sites for hydroxylation is 1. The molecule has 0 saturated heterocycles. The van der Waals surface area contributed by atoms with Crippen molar-refractivity contribution in [2.24, 2.45) is 0 Å². The smallest absolute Gasteiger partial charge is 0.246 e. The SMILES string of the molecule is Cc1cc(NC(=O)CN(C)C(=O)/C=C/c2cccs2)no1. The molecule has 2 rings (SSSR count). The van der Waals surface area contributed by atoms with Crippen molar-refractivity contribution in [1.82, 2.24) is 10.1 Å². The Hall–Kier alpha value is -2.41. The summed E-state index contributed by atoms with van der Waals surface area (Å²) in [5.41, 5.74) is 0. The monoisotopic (exact) mass is 305 g/mol. The topological polar surface area (TPSA) is 75.4 Å². The lowest BCUT2D eigenvalue weighted by atomic mass is 10.3. The number of anilines is 1. The van der Waals surface area contributed by atoms with Gasteiger partial charge in [0.05, 0.1) is 6.54 Å². The van der Waals surface area contributed by atoms with Crippen LogP contribution in [0.25, 0.3) is 6.08 Å². The second-order valence-corrected chi connectivity index (χ2v) is 5.39. The molecule has 2 aromatic rings. The number of carbonyl (C=O) groups excluding carboxylic acids is 2. The van der Waals surface area contributed by atoms with Crippen LogP contribution in [0.1, 0.15) is 10.6 Å². The molecular weight excluding hydrogens is 290 g/mol. The van der Waals surface area contributed by atoms with Crippen molar-refractivity contribution in [2.75, 3.05) is 18.9 Å². The van der Waals surface area contributed by atoms with Crippen LogP contribution in [0.15, 0.2) is 34.2 Å². The van der Waals surface area contributed by atoms with Gasteiger partial charge in [0, 0.05) is 24.1 Å². The fraction of sp³-hybridized carbons (Fsp3) is 0.214. The minimum Gasteiger partial charge on any atom is -0.360 e. The van der Waals surface area contributed by atoms with Gasteiger partial charge in [0.25, 0.3) is 0 Å². The quantitative estimate of drug-likeness (QED) is 0.859. The van der Waals surface area contributed by atoms with Crippen LogP contribution in [0.3, 0.4) is 0 Å². The number of hydrogen-bond donors (Lipinski definition) is 1. The molecule has 0 aromatic carbocycles.